The normalized spacial score (nSPS) is 15.9. The molecule has 4 heteroatoms. The Morgan fingerprint density at radius 2 is 1.96 bits per heavy atom. The molecule has 4 nitrogen and oxygen atoms in total. The number of hydrogen-bond acceptors (Lipinski definition) is 3. The van der Waals surface area contributed by atoms with Gasteiger partial charge in [0.05, 0.1) is 6.54 Å². The fourth-order valence-corrected chi connectivity index (χ4v) is 3.74. The van der Waals surface area contributed by atoms with E-state index in [1.807, 2.05) is 32.0 Å². The third-order valence-corrected chi connectivity index (χ3v) is 5.31. The zero-order valence-corrected chi connectivity index (χ0v) is 14.8. The molecule has 0 saturated carbocycles. The SMILES string of the molecule is Cc1cccc(C(=O)N2CCN=C2Nc2cccc3c2CCC3)c1C. The number of amides is 1. The number of anilines is 1. The van der Waals surface area contributed by atoms with E-state index in [1.54, 1.807) is 4.90 Å². The molecule has 2 aromatic rings. The van der Waals surface area contributed by atoms with Crippen LogP contribution in [0, 0.1) is 13.8 Å². The molecule has 1 heterocycles. The fourth-order valence-electron chi connectivity index (χ4n) is 3.74. The summed E-state index contributed by atoms with van der Waals surface area (Å²) in [5.74, 6) is 0.698. The van der Waals surface area contributed by atoms with Crippen LogP contribution in [0.15, 0.2) is 41.4 Å². The number of hydrogen-bond donors (Lipinski definition) is 1. The summed E-state index contributed by atoms with van der Waals surface area (Å²) in [7, 11) is 0. The molecule has 1 aliphatic heterocycles. The molecule has 25 heavy (non-hydrogen) atoms. The van der Waals surface area contributed by atoms with E-state index >= 15 is 0 Å². The highest BCUT2D eigenvalue weighted by Gasteiger charge is 2.27. The first-order chi connectivity index (χ1) is 12.1. The van der Waals surface area contributed by atoms with Crippen molar-refractivity contribution in [1.82, 2.24) is 4.90 Å². The van der Waals surface area contributed by atoms with Crippen molar-refractivity contribution in [3.63, 3.8) is 0 Å². The quantitative estimate of drug-likeness (QED) is 0.910. The van der Waals surface area contributed by atoms with Gasteiger partial charge in [0, 0.05) is 17.8 Å². The number of carbonyl (C=O) groups excluding carboxylic acids is 1. The van der Waals surface area contributed by atoms with Gasteiger partial charge in [0.25, 0.3) is 5.91 Å². The number of carbonyl (C=O) groups is 1. The summed E-state index contributed by atoms with van der Waals surface area (Å²) in [6.07, 6.45) is 3.44. The number of nitrogens with one attached hydrogen (secondary N) is 1. The Balaban J connectivity index is 1.60. The van der Waals surface area contributed by atoms with Crippen LogP contribution in [0.1, 0.15) is 39.0 Å². The van der Waals surface area contributed by atoms with Crippen LogP contribution in [0.25, 0.3) is 0 Å². The van der Waals surface area contributed by atoms with Crippen molar-refractivity contribution in [2.24, 2.45) is 4.99 Å². The van der Waals surface area contributed by atoms with Gasteiger partial charge < -0.3 is 5.32 Å². The van der Waals surface area contributed by atoms with Gasteiger partial charge in [0.1, 0.15) is 0 Å². The monoisotopic (exact) mass is 333 g/mol. The standard InChI is InChI=1S/C21H23N3O/c1-14-6-3-9-17(15(14)2)20(25)24-13-12-22-21(24)23-19-11-5-8-16-7-4-10-18(16)19/h3,5-6,8-9,11H,4,7,10,12-13H2,1-2H3,(H,22,23). The highest BCUT2D eigenvalue weighted by Crippen LogP contribution is 2.29. The third-order valence-electron chi connectivity index (χ3n) is 5.31. The smallest absolute Gasteiger partial charge is 0.260 e. The Kier molecular flexibility index (Phi) is 4.04. The van der Waals surface area contributed by atoms with Gasteiger partial charge in [-0.15, -0.1) is 0 Å². The lowest BCUT2D eigenvalue weighted by molar-refractivity contribution is 0.0857. The molecule has 0 saturated heterocycles. The first kappa shape index (κ1) is 15.9. The molecule has 0 spiro atoms. The van der Waals surface area contributed by atoms with Gasteiger partial charge in [-0.25, -0.2) is 0 Å². The minimum absolute atomic E-state index is 0.0255. The van der Waals surface area contributed by atoms with Crippen LogP contribution in [-0.4, -0.2) is 29.9 Å². The van der Waals surface area contributed by atoms with Gasteiger partial charge in [-0.2, -0.15) is 0 Å². The maximum Gasteiger partial charge on any atom is 0.260 e. The van der Waals surface area contributed by atoms with Crippen LogP contribution in [0.3, 0.4) is 0 Å². The average molecular weight is 333 g/mol. The summed E-state index contributed by atoms with van der Waals surface area (Å²) < 4.78 is 0. The molecule has 0 aromatic heterocycles. The van der Waals surface area contributed by atoms with Gasteiger partial charge in [-0.1, -0.05) is 24.3 Å². The highest BCUT2D eigenvalue weighted by molar-refractivity contribution is 6.11. The molecule has 0 fully saturated rings. The Morgan fingerprint density at radius 3 is 2.84 bits per heavy atom. The van der Waals surface area contributed by atoms with Crippen LogP contribution < -0.4 is 5.32 Å². The van der Waals surface area contributed by atoms with Gasteiger partial charge in [0.15, 0.2) is 0 Å². The highest BCUT2D eigenvalue weighted by atomic mass is 16.2. The third kappa shape index (κ3) is 2.82. The molecule has 2 aliphatic rings. The first-order valence-electron chi connectivity index (χ1n) is 8.95. The summed E-state index contributed by atoms with van der Waals surface area (Å²) in [6.45, 7) is 5.32. The predicted octanol–water partition coefficient (Wildman–Crippen LogP) is 3.72. The Bertz CT molecular complexity index is 869. The lowest BCUT2D eigenvalue weighted by Crippen LogP contribution is -2.38. The number of aryl methyl sites for hydroxylation is 2. The fraction of sp³-hybridized carbons (Fsp3) is 0.333. The minimum Gasteiger partial charge on any atom is -0.326 e. The molecule has 2 aromatic carbocycles. The van der Waals surface area contributed by atoms with Gasteiger partial charge in [0.2, 0.25) is 5.96 Å². The zero-order chi connectivity index (χ0) is 17.4. The predicted molar refractivity (Wildman–Crippen MR) is 101 cm³/mol. The van der Waals surface area contributed by atoms with Gasteiger partial charge >= 0.3 is 0 Å². The van der Waals surface area contributed by atoms with E-state index < -0.39 is 0 Å². The van der Waals surface area contributed by atoms with E-state index in [2.05, 4.69) is 28.5 Å². The summed E-state index contributed by atoms with van der Waals surface area (Å²) in [4.78, 5) is 19.4. The Labute approximate surface area is 148 Å². The molecule has 0 unspecified atom stereocenters. The minimum atomic E-state index is 0.0255. The maximum absolute atomic E-state index is 13.1. The molecule has 0 bridgehead atoms. The summed E-state index contributed by atoms with van der Waals surface area (Å²) in [5.41, 5.74) is 6.81. The average Bonchev–Trinajstić information content (AvgIpc) is 3.26. The molecule has 0 radical (unpaired) electrons. The molecule has 128 valence electrons. The van der Waals surface area contributed by atoms with Crippen LogP contribution in [0.4, 0.5) is 5.69 Å². The number of benzene rings is 2. The molecule has 0 atom stereocenters. The van der Waals surface area contributed by atoms with Crippen molar-refractivity contribution in [2.75, 3.05) is 18.4 Å². The molecule has 1 amide bonds. The second-order valence-corrected chi connectivity index (χ2v) is 6.83. The lowest BCUT2D eigenvalue weighted by atomic mass is 10.0. The maximum atomic E-state index is 13.1. The molecular formula is C21H23N3O. The van der Waals surface area contributed by atoms with Crippen molar-refractivity contribution in [1.29, 1.82) is 0 Å². The van der Waals surface area contributed by atoms with Crippen LogP contribution in [0.2, 0.25) is 0 Å². The summed E-state index contributed by atoms with van der Waals surface area (Å²) >= 11 is 0. The lowest BCUT2D eigenvalue weighted by Gasteiger charge is -2.21. The van der Waals surface area contributed by atoms with Crippen LogP contribution in [-0.2, 0) is 12.8 Å². The number of rotatable bonds is 2. The molecular weight excluding hydrogens is 310 g/mol. The van der Waals surface area contributed by atoms with Crippen molar-refractivity contribution < 1.29 is 4.79 Å². The number of fused-ring (bicyclic) bond motifs is 1. The van der Waals surface area contributed by atoms with E-state index in [0.29, 0.717) is 19.0 Å². The Hall–Kier alpha value is -2.62. The van der Waals surface area contributed by atoms with Crippen LogP contribution in [0.5, 0.6) is 0 Å². The van der Waals surface area contributed by atoms with E-state index in [9.17, 15) is 4.79 Å². The van der Waals surface area contributed by atoms with E-state index in [4.69, 9.17) is 0 Å². The largest absolute Gasteiger partial charge is 0.326 e. The van der Waals surface area contributed by atoms with Crippen molar-refractivity contribution in [3.8, 4) is 0 Å². The summed E-state index contributed by atoms with van der Waals surface area (Å²) in [5, 5.41) is 3.43. The van der Waals surface area contributed by atoms with Gasteiger partial charge in [-0.3, -0.25) is 14.7 Å². The zero-order valence-electron chi connectivity index (χ0n) is 14.8. The van der Waals surface area contributed by atoms with E-state index in [0.717, 1.165) is 35.2 Å². The second-order valence-electron chi connectivity index (χ2n) is 6.83. The Morgan fingerprint density at radius 1 is 1.12 bits per heavy atom. The van der Waals surface area contributed by atoms with Crippen molar-refractivity contribution in [2.45, 2.75) is 33.1 Å². The van der Waals surface area contributed by atoms with Gasteiger partial charge in [-0.05, 0) is 67.5 Å². The summed E-state index contributed by atoms with van der Waals surface area (Å²) in [6, 6.07) is 12.3. The number of nitrogens with zero attached hydrogens (tertiary/aromatic N) is 2. The van der Waals surface area contributed by atoms with E-state index in [1.165, 1.54) is 17.5 Å². The molecule has 1 N–H and O–H groups in total. The van der Waals surface area contributed by atoms with Crippen molar-refractivity contribution in [3.05, 3.63) is 64.2 Å². The molecule has 4 rings (SSSR count). The van der Waals surface area contributed by atoms with E-state index in [-0.39, 0.29) is 5.91 Å². The number of aliphatic imine (C=N–C) groups is 1. The first-order valence-corrected chi connectivity index (χ1v) is 8.95. The van der Waals surface area contributed by atoms with Crippen LogP contribution >= 0.6 is 0 Å². The van der Waals surface area contributed by atoms with Crippen molar-refractivity contribution >= 4 is 17.6 Å². The molecule has 1 aliphatic carbocycles. The second kappa shape index (κ2) is 6.36. The number of guanidine groups is 1. The topological polar surface area (TPSA) is 44.7 Å².